The fourth-order valence-electron chi connectivity index (χ4n) is 8.65. The second-order valence-electron chi connectivity index (χ2n) is 16.3. The third-order valence-electron chi connectivity index (χ3n) is 11.8. The van der Waals surface area contributed by atoms with Crippen molar-refractivity contribution in [1.29, 1.82) is 0 Å². The van der Waals surface area contributed by atoms with Gasteiger partial charge in [0, 0.05) is 16.7 Å². The zero-order valence-corrected chi connectivity index (χ0v) is 37.7. The lowest BCUT2D eigenvalue weighted by Gasteiger charge is -2.27. The molecule has 6 aromatic rings. The Hall–Kier alpha value is -7.75. The van der Waals surface area contributed by atoms with Crippen LogP contribution in [0.2, 0.25) is 0 Å². The molecule has 5 aromatic carbocycles. The van der Waals surface area contributed by atoms with Crippen LogP contribution in [-0.2, 0) is 6.42 Å². The van der Waals surface area contributed by atoms with Crippen LogP contribution in [0, 0.1) is 6.92 Å². The quantitative estimate of drug-likeness (QED) is 0.103. The van der Waals surface area contributed by atoms with Crippen LogP contribution >= 0.6 is 0 Å². The lowest BCUT2D eigenvalue weighted by Crippen LogP contribution is -2.05. The highest BCUT2D eigenvalue weighted by atomic mass is 15.0. The molecule has 0 saturated heterocycles. The number of benzene rings is 5. The Labute approximate surface area is 385 Å². The molecule has 0 spiro atoms. The molecule has 318 valence electrons. The first-order chi connectivity index (χ1) is 32.0. The summed E-state index contributed by atoms with van der Waals surface area (Å²) in [5, 5.41) is 0. The Balaban J connectivity index is 1.37. The molecule has 0 amide bonds. The Morgan fingerprint density at radius 2 is 1.26 bits per heavy atom. The van der Waals surface area contributed by atoms with E-state index in [-0.39, 0.29) is 0 Å². The minimum Gasteiger partial charge on any atom is -0.208 e. The summed E-state index contributed by atoms with van der Waals surface area (Å²) in [5.74, 6) is 1.75. The third kappa shape index (κ3) is 10.1. The summed E-state index contributed by atoms with van der Waals surface area (Å²) in [6, 6.07) is 39.5. The molecular formula is C62H55N3. The Morgan fingerprint density at radius 3 is 1.98 bits per heavy atom. The second kappa shape index (κ2) is 21.1. The third-order valence-corrected chi connectivity index (χ3v) is 11.8. The van der Waals surface area contributed by atoms with Crippen LogP contribution in [0.3, 0.4) is 0 Å². The summed E-state index contributed by atoms with van der Waals surface area (Å²) in [6.45, 7) is 14.7. The van der Waals surface area contributed by atoms with Gasteiger partial charge >= 0.3 is 0 Å². The van der Waals surface area contributed by atoms with Crippen molar-refractivity contribution in [3.8, 4) is 55.9 Å². The van der Waals surface area contributed by atoms with Crippen molar-refractivity contribution in [2.45, 2.75) is 46.5 Å². The van der Waals surface area contributed by atoms with E-state index in [0.29, 0.717) is 17.5 Å². The van der Waals surface area contributed by atoms with Crippen molar-refractivity contribution < 1.29 is 0 Å². The molecule has 0 radical (unpaired) electrons. The summed E-state index contributed by atoms with van der Waals surface area (Å²) in [6.07, 6.45) is 37.3. The van der Waals surface area contributed by atoms with Gasteiger partial charge in [0.15, 0.2) is 17.5 Å². The van der Waals surface area contributed by atoms with Gasteiger partial charge in [-0.1, -0.05) is 220 Å². The summed E-state index contributed by atoms with van der Waals surface area (Å²) < 4.78 is 0. The van der Waals surface area contributed by atoms with Crippen LogP contribution in [0.1, 0.15) is 61.4 Å². The van der Waals surface area contributed by atoms with E-state index >= 15 is 0 Å². The van der Waals surface area contributed by atoms with E-state index in [1.807, 2.05) is 18.2 Å². The first-order valence-electron chi connectivity index (χ1n) is 22.6. The smallest absolute Gasteiger partial charge is 0.164 e. The number of allylic oxidation sites excluding steroid dienone is 20. The lowest BCUT2D eigenvalue weighted by molar-refractivity contribution is 1.00. The van der Waals surface area contributed by atoms with E-state index in [2.05, 4.69) is 210 Å². The molecule has 0 N–H and O–H groups in total. The maximum atomic E-state index is 5.08. The summed E-state index contributed by atoms with van der Waals surface area (Å²) in [5.41, 5.74) is 18.4. The fraction of sp³-hybridized carbons (Fsp3) is 0.113. The maximum absolute atomic E-state index is 5.08. The predicted octanol–water partition coefficient (Wildman–Crippen LogP) is 16.5. The van der Waals surface area contributed by atoms with E-state index in [1.54, 1.807) is 12.2 Å². The molecule has 2 aliphatic rings. The molecule has 2 aliphatic carbocycles. The molecule has 0 atom stereocenters. The van der Waals surface area contributed by atoms with Gasteiger partial charge in [0.25, 0.3) is 0 Å². The number of rotatable bonds is 14. The maximum Gasteiger partial charge on any atom is 0.164 e. The number of hydrogen-bond acceptors (Lipinski definition) is 3. The van der Waals surface area contributed by atoms with Crippen LogP contribution in [0.5, 0.6) is 0 Å². The molecule has 0 bridgehead atoms. The van der Waals surface area contributed by atoms with Gasteiger partial charge in [0.1, 0.15) is 0 Å². The first-order valence-corrected chi connectivity index (χ1v) is 22.6. The van der Waals surface area contributed by atoms with Crippen LogP contribution in [0.4, 0.5) is 0 Å². The highest BCUT2D eigenvalue weighted by molar-refractivity contribution is 6.02. The fourth-order valence-corrected chi connectivity index (χ4v) is 8.65. The highest BCUT2D eigenvalue weighted by Gasteiger charge is 2.26. The topological polar surface area (TPSA) is 38.7 Å². The van der Waals surface area contributed by atoms with E-state index in [9.17, 15) is 0 Å². The van der Waals surface area contributed by atoms with E-state index in [4.69, 9.17) is 15.0 Å². The largest absolute Gasteiger partial charge is 0.208 e. The van der Waals surface area contributed by atoms with Gasteiger partial charge in [-0.2, -0.15) is 0 Å². The summed E-state index contributed by atoms with van der Waals surface area (Å²) >= 11 is 0. The Bertz CT molecular complexity index is 3020. The lowest BCUT2D eigenvalue weighted by atomic mass is 9.76. The number of aromatic nitrogens is 3. The summed E-state index contributed by atoms with van der Waals surface area (Å²) in [4.78, 5) is 15.0. The van der Waals surface area contributed by atoms with Crippen LogP contribution in [-0.4, -0.2) is 15.0 Å². The molecule has 0 saturated carbocycles. The van der Waals surface area contributed by atoms with Gasteiger partial charge in [0.05, 0.1) is 0 Å². The van der Waals surface area contributed by atoms with Gasteiger partial charge < -0.3 is 0 Å². The Morgan fingerprint density at radius 1 is 0.600 bits per heavy atom. The van der Waals surface area contributed by atoms with Crippen LogP contribution < -0.4 is 0 Å². The number of nitrogens with zero attached hydrogens (tertiary/aromatic N) is 3. The summed E-state index contributed by atoms with van der Waals surface area (Å²) in [7, 11) is 0. The molecule has 65 heavy (non-hydrogen) atoms. The van der Waals surface area contributed by atoms with Crippen molar-refractivity contribution in [2.24, 2.45) is 0 Å². The van der Waals surface area contributed by atoms with Gasteiger partial charge in [-0.3, -0.25) is 0 Å². The molecule has 0 fully saturated rings. The second-order valence-corrected chi connectivity index (χ2v) is 16.3. The molecule has 3 heteroatoms. The molecule has 0 unspecified atom stereocenters. The average molecular weight is 842 g/mol. The predicted molar refractivity (Wildman–Crippen MR) is 279 cm³/mol. The van der Waals surface area contributed by atoms with Gasteiger partial charge in [-0.15, -0.1) is 0 Å². The number of hydrogen-bond donors (Lipinski definition) is 0. The van der Waals surface area contributed by atoms with Crippen molar-refractivity contribution in [2.75, 3.05) is 0 Å². The van der Waals surface area contributed by atoms with Crippen molar-refractivity contribution in [3.05, 3.63) is 253 Å². The van der Waals surface area contributed by atoms with Crippen molar-refractivity contribution >= 4 is 16.7 Å². The van der Waals surface area contributed by atoms with Crippen LogP contribution in [0.25, 0.3) is 72.6 Å². The SMILES string of the molecule is C=C/C=C(\C=C)c1nc(C2=CCC=CC=C2)nc(-c2cccc(-c3cccc(-c4c(C/C=C\C=C/CC)c(-c5ccccc5)c(C)c(C5=CC=C(C)CC=C5)c4-c4ccccc4)c3)c2)n1. The monoisotopic (exact) mass is 841 g/mol. The normalized spacial score (nSPS) is 14.0. The van der Waals surface area contributed by atoms with Gasteiger partial charge in [-0.05, 0) is 118 Å². The minimum atomic E-state index is 0.549. The standard InChI is InChI=1S/C62H55N3/c1-6-9-10-11-22-39-55-56(47-28-18-14-19-29-47)45(5)57(49-34-23-27-44(4)40-41-49)59(48-30-20-15-21-31-48)58(55)53-37-24-35-51(42-53)52-36-25-38-54(43-52)62-64-60(46(8-3)26-7-2)63-61(65-62)50-32-16-12-13-17-33-50/h7-16,18-26,28-38,40-43H,2-3,6,17,27,39H2,1,4-5H3/b10-9-,22-11-,46-26+. The molecule has 1 heterocycles. The van der Waals surface area contributed by atoms with Gasteiger partial charge in [-0.25, -0.2) is 15.0 Å². The highest BCUT2D eigenvalue weighted by Crippen LogP contribution is 2.49. The van der Waals surface area contributed by atoms with E-state index < -0.39 is 0 Å². The molecular weight excluding hydrogens is 787 g/mol. The molecule has 1 aromatic heterocycles. The zero-order valence-electron chi connectivity index (χ0n) is 37.7. The van der Waals surface area contributed by atoms with Crippen LogP contribution in [0.15, 0.2) is 225 Å². The van der Waals surface area contributed by atoms with Gasteiger partial charge in [0.2, 0.25) is 0 Å². The molecule has 0 aliphatic heterocycles. The average Bonchev–Trinajstić information content (AvgIpc) is 3.76. The zero-order chi connectivity index (χ0) is 45.0. The molecule has 3 nitrogen and oxygen atoms in total. The first kappa shape index (κ1) is 43.9. The van der Waals surface area contributed by atoms with E-state index in [0.717, 1.165) is 59.1 Å². The van der Waals surface area contributed by atoms with Crippen molar-refractivity contribution in [3.63, 3.8) is 0 Å². The Kier molecular flexibility index (Phi) is 14.2. The minimum absolute atomic E-state index is 0.549. The van der Waals surface area contributed by atoms with E-state index in [1.165, 1.54) is 55.7 Å². The molecule has 8 rings (SSSR count). The van der Waals surface area contributed by atoms with Crippen molar-refractivity contribution in [1.82, 2.24) is 15.0 Å².